The van der Waals surface area contributed by atoms with Gasteiger partial charge in [-0.2, -0.15) is 0 Å². The van der Waals surface area contributed by atoms with Crippen LogP contribution in [-0.4, -0.2) is 6.03 Å². The summed E-state index contributed by atoms with van der Waals surface area (Å²) in [5.41, 5.74) is 1.59. The maximum atomic E-state index is 11.9. The number of carbonyl (C=O) groups excluding carboxylic acids is 1. The molecule has 0 radical (unpaired) electrons. The second-order valence-electron chi connectivity index (χ2n) is 3.42. The van der Waals surface area contributed by atoms with E-state index >= 15 is 0 Å². The van der Waals surface area contributed by atoms with Crippen molar-refractivity contribution in [1.82, 2.24) is 4.72 Å². The number of anilines is 2. The lowest BCUT2D eigenvalue weighted by Gasteiger charge is -2.21. The Kier molecular flexibility index (Phi) is 3.67. The van der Waals surface area contributed by atoms with Crippen LogP contribution in [-0.2, 0) is 0 Å². The number of hydrogen-bond donors (Lipinski definition) is 2. The van der Waals surface area contributed by atoms with Crippen molar-refractivity contribution in [3.63, 3.8) is 0 Å². The monoisotopic (exact) mass is 244 g/mol. The molecule has 0 spiro atoms. The van der Waals surface area contributed by atoms with E-state index in [9.17, 15) is 4.79 Å². The molecule has 2 aromatic carbocycles. The molecule has 2 amide bonds. The van der Waals surface area contributed by atoms with E-state index in [0.717, 1.165) is 11.4 Å². The Morgan fingerprint density at radius 1 is 0.882 bits per heavy atom. The molecule has 0 aliphatic rings. The lowest BCUT2D eigenvalue weighted by atomic mass is 10.2. The van der Waals surface area contributed by atoms with Crippen molar-refractivity contribution >= 4 is 30.2 Å². The normalized spacial score (nSPS) is 9.71. The molecule has 2 rings (SSSR count). The molecule has 0 saturated carbocycles. The van der Waals surface area contributed by atoms with E-state index in [0.29, 0.717) is 0 Å². The zero-order valence-corrected chi connectivity index (χ0v) is 9.97. The number of nitrogens with one attached hydrogen (secondary N) is 1. The van der Waals surface area contributed by atoms with Crippen LogP contribution in [0.1, 0.15) is 0 Å². The number of carbonyl (C=O) groups is 1. The topological polar surface area (TPSA) is 32.3 Å². The molecule has 1 N–H and O–H groups in total. The fraction of sp³-hybridized carbons (Fsp3) is 0. The minimum Gasteiger partial charge on any atom is -0.284 e. The van der Waals surface area contributed by atoms with Crippen LogP contribution in [0.2, 0.25) is 0 Å². The highest BCUT2D eigenvalue weighted by Gasteiger charge is 2.15. The fourth-order valence-electron chi connectivity index (χ4n) is 1.59. The first-order valence-corrected chi connectivity index (χ1v) is 5.62. The van der Waals surface area contributed by atoms with Gasteiger partial charge in [-0.15, -0.1) is 0 Å². The van der Waals surface area contributed by atoms with Crippen LogP contribution in [0.5, 0.6) is 0 Å². The summed E-state index contributed by atoms with van der Waals surface area (Å²) in [7, 11) is 0. The van der Waals surface area contributed by atoms with Gasteiger partial charge in [0, 0.05) is 0 Å². The Balaban J connectivity index is 2.43. The molecule has 0 fully saturated rings. The van der Waals surface area contributed by atoms with Crippen LogP contribution < -0.4 is 9.62 Å². The van der Waals surface area contributed by atoms with E-state index in [4.69, 9.17) is 0 Å². The molecule has 2 aromatic rings. The van der Waals surface area contributed by atoms with E-state index in [2.05, 4.69) is 17.5 Å². The zero-order valence-electron chi connectivity index (χ0n) is 9.08. The zero-order chi connectivity index (χ0) is 12.1. The van der Waals surface area contributed by atoms with Crippen LogP contribution in [0.25, 0.3) is 0 Å². The predicted molar refractivity (Wildman–Crippen MR) is 72.5 cm³/mol. The number of hydrogen-bond acceptors (Lipinski definition) is 2. The Morgan fingerprint density at radius 3 is 1.65 bits per heavy atom. The molecule has 17 heavy (non-hydrogen) atoms. The van der Waals surface area contributed by atoms with E-state index in [1.807, 2.05) is 60.7 Å². The molecule has 86 valence electrons. The van der Waals surface area contributed by atoms with Crippen molar-refractivity contribution < 1.29 is 4.79 Å². The van der Waals surface area contributed by atoms with Gasteiger partial charge in [0.15, 0.2) is 0 Å². The van der Waals surface area contributed by atoms with Gasteiger partial charge in [0.2, 0.25) is 0 Å². The van der Waals surface area contributed by atoms with Crippen LogP contribution in [0, 0.1) is 0 Å². The molecule has 0 heterocycles. The lowest BCUT2D eigenvalue weighted by molar-refractivity contribution is 0.254. The van der Waals surface area contributed by atoms with Gasteiger partial charge in [-0.05, 0) is 24.3 Å². The van der Waals surface area contributed by atoms with Crippen LogP contribution >= 0.6 is 12.8 Å². The second-order valence-corrected chi connectivity index (χ2v) is 3.65. The first kappa shape index (κ1) is 11.5. The van der Waals surface area contributed by atoms with Crippen molar-refractivity contribution in [1.29, 1.82) is 0 Å². The predicted octanol–water partition coefficient (Wildman–Crippen LogP) is 3.38. The van der Waals surface area contributed by atoms with Crippen LogP contribution in [0.15, 0.2) is 60.7 Å². The van der Waals surface area contributed by atoms with Crippen LogP contribution in [0.4, 0.5) is 16.2 Å². The molecule has 0 atom stereocenters. The maximum Gasteiger partial charge on any atom is 0.336 e. The Hall–Kier alpha value is -1.94. The summed E-state index contributed by atoms with van der Waals surface area (Å²) in [5, 5.41) is 0. The molecule has 0 aromatic heterocycles. The summed E-state index contributed by atoms with van der Waals surface area (Å²) in [5.74, 6) is 0. The first-order valence-electron chi connectivity index (χ1n) is 5.17. The largest absolute Gasteiger partial charge is 0.336 e. The van der Waals surface area contributed by atoms with Gasteiger partial charge in [0.25, 0.3) is 0 Å². The van der Waals surface area contributed by atoms with Gasteiger partial charge < -0.3 is 0 Å². The van der Waals surface area contributed by atoms with E-state index in [-0.39, 0.29) is 6.03 Å². The van der Waals surface area contributed by atoms with Gasteiger partial charge in [0.05, 0.1) is 11.4 Å². The molecular weight excluding hydrogens is 232 g/mol. The maximum absolute atomic E-state index is 11.9. The van der Waals surface area contributed by atoms with Crippen molar-refractivity contribution in [2.75, 3.05) is 4.90 Å². The van der Waals surface area contributed by atoms with Crippen molar-refractivity contribution in [3.8, 4) is 0 Å². The first-order chi connectivity index (χ1) is 8.33. The molecule has 0 bridgehead atoms. The van der Waals surface area contributed by atoms with E-state index in [1.165, 1.54) is 0 Å². The molecule has 0 aliphatic carbocycles. The van der Waals surface area contributed by atoms with Gasteiger partial charge in [-0.25, -0.2) is 4.79 Å². The smallest absolute Gasteiger partial charge is 0.284 e. The Morgan fingerprint density at radius 2 is 1.29 bits per heavy atom. The van der Waals surface area contributed by atoms with Crippen molar-refractivity contribution in [2.24, 2.45) is 0 Å². The summed E-state index contributed by atoms with van der Waals surface area (Å²) in [4.78, 5) is 13.4. The number of urea groups is 1. The number of nitrogens with zero attached hydrogens (tertiary/aromatic N) is 1. The molecule has 4 heteroatoms. The molecule has 0 saturated heterocycles. The Labute approximate surface area is 106 Å². The summed E-state index contributed by atoms with van der Waals surface area (Å²) in [6, 6.07) is 18.6. The van der Waals surface area contributed by atoms with Gasteiger partial charge in [-0.3, -0.25) is 9.62 Å². The second kappa shape index (κ2) is 5.41. The number of rotatable bonds is 2. The minimum absolute atomic E-state index is 0.286. The molecule has 3 nitrogen and oxygen atoms in total. The highest BCUT2D eigenvalue weighted by Crippen LogP contribution is 2.24. The highest BCUT2D eigenvalue weighted by atomic mass is 32.1. The van der Waals surface area contributed by atoms with Gasteiger partial charge in [-0.1, -0.05) is 49.2 Å². The number of benzene rings is 2. The minimum atomic E-state index is -0.286. The third-order valence-corrected chi connectivity index (χ3v) is 2.52. The molecule has 0 aliphatic heterocycles. The number of para-hydroxylation sites is 2. The lowest BCUT2D eigenvalue weighted by Crippen LogP contribution is -2.31. The third-order valence-electron chi connectivity index (χ3n) is 2.33. The Bertz CT molecular complexity index is 448. The van der Waals surface area contributed by atoms with Crippen molar-refractivity contribution in [3.05, 3.63) is 60.7 Å². The van der Waals surface area contributed by atoms with Gasteiger partial charge in [0.1, 0.15) is 0 Å². The number of thiol groups is 1. The fourth-order valence-corrected chi connectivity index (χ4v) is 1.69. The quantitative estimate of drug-likeness (QED) is 0.780. The average Bonchev–Trinajstić information content (AvgIpc) is 2.41. The SMILES string of the molecule is O=C(NS)N(c1ccccc1)c1ccccc1. The van der Waals surface area contributed by atoms with Gasteiger partial charge >= 0.3 is 6.03 Å². The standard InChI is InChI=1S/C13H12N2OS/c16-13(14-17)15(11-7-3-1-4-8-11)12-9-5-2-6-10-12/h1-10,17H,(H,14,16). The third kappa shape index (κ3) is 2.60. The summed E-state index contributed by atoms with van der Waals surface area (Å²) in [6.07, 6.45) is 0. The summed E-state index contributed by atoms with van der Waals surface area (Å²) >= 11 is 3.81. The molecular formula is C13H12N2OS. The summed E-state index contributed by atoms with van der Waals surface area (Å²) < 4.78 is 2.34. The van der Waals surface area contributed by atoms with Crippen molar-refractivity contribution in [2.45, 2.75) is 0 Å². The highest BCUT2D eigenvalue weighted by molar-refractivity contribution is 7.78. The van der Waals surface area contributed by atoms with Crippen LogP contribution in [0.3, 0.4) is 0 Å². The molecule has 0 unspecified atom stereocenters. The summed E-state index contributed by atoms with van der Waals surface area (Å²) in [6.45, 7) is 0. The number of amides is 2. The average molecular weight is 244 g/mol. The van der Waals surface area contributed by atoms with E-state index in [1.54, 1.807) is 4.90 Å². The van der Waals surface area contributed by atoms with E-state index < -0.39 is 0 Å².